The summed E-state index contributed by atoms with van der Waals surface area (Å²) in [4.78, 5) is 15.4. The highest BCUT2D eigenvalue weighted by molar-refractivity contribution is 6.29. The number of nitrogens with one attached hydrogen (secondary N) is 2. The Labute approximate surface area is 105 Å². The molecule has 0 aliphatic heterocycles. The van der Waals surface area contributed by atoms with Gasteiger partial charge in [0.25, 0.3) is 0 Å². The molecule has 0 spiro atoms. The normalized spacial score (nSPS) is 12.3. The van der Waals surface area contributed by atoms with Gasteiger partial charge in [0.2, 0.25) is 0 Å². The Morgan fingerprint density at radius 1 is 1.59 bits per heavy atom. The van der Waals surface area contributed by atoms with E-state index in [2.05, 4.69) is 15.6 Å². The zero-order valence-electron chi connectivity index (χ0n) is 9.77. The third-order valence-electron chi connectivity index (χ3n) is 2.30. The van der Waals surface area contributed by atoms with Crippen LogP contribution >= 0.6 is 11.6 Å². The van der Waals surface area contributed by atoms with Gasteiger partial charge in [0.1, 0.15) is 5.15 Å². The van der Waals surface area contributed by atoms with Gasteiger partial charge in [-0.2, -0.15) is 0 Å². The zero-order chi connectivity index (χ0) is 12.8. The van der Waals surface area contributed by atoms with Gasteiger partial charge in [0.15, 0.2) is 0 Å². The largest absolute Gasteiger partial charge is 0.394 e. The summed E-state index contributed by atoms with van der Waals surface area (Å²) >= 11 is 5.69. The van der Waals surface area contributed by atoms with Crippen LogP contribution in [-0.2, 0) is 0 Å². The van der Waals surface area contributed by atoms with Crippen LogP contribution in [0.3, 0.4) is 0 Å². The third-order valence-corrected chi connectivity index (χ3v) is 2.51. The molecule has 1 atom stereocenters. The van der Waals surface area contributed by atoms with Crippen molar-refractivity contribution in [3.05, 3.63) is 23.5 Å². The average Bonchev–Trinajstić information content (AvgIpc) is 2.25. The zero-order valence-corrected chi connectivity index (χ0v) is 10.5. The van der Waals surface area contributed by atoms with Gasteiger partial charge >= 0.3 is 6.03 Å². The van der Waals surface area contributed by atoms with Crippen molar-refractivity contribution in [1.29, 1.82) is 0 Å². The fourth-order valence-corrected chi connectivity index (χ4v) is 1.41. The van der Waals surface area contributed by atoms with Crippen LogP contribution in [0.5, 0.6) is 0 Å². The molecule has 0 bridgehead atoms. The number of hydrogen-bond acceptors (Lipinski definition) is 3. The fourth-order valence-electron chi connectivity index (χ4n) is 1.24. The Hall–Kier alpha value is -1.33. The Morgan fingerprint density at radius 3 is 2.82 bits per heavy atom. The first kappa shape index (κ1) is 13.7. The number of anilines is 1. The van der Waals surface area contributed by atoms with Crippen molar-refractivity contribution in [2.45, 2.75) is 19.9 Å². The van der Waals surface area contributed by atoms with E-state index in [1.165, 1.54) is 6.20 Å². The monoisotopic (exact) mass is 257 g/mol. The van der Waals surface area contributed by atoms with Crippen molar-refractivity contribution in [2.24, 2.45) is 5.92 Å². The van der Waals surface area contributed by atoms with E-state index < -0.39 is 0 Å². The lowest BCUT2D eigenvalue weighted by Gasteiger charge is -2.20. The Balaban J connectivity index is 2.55. The Morgan fingerprint density at radius 2 is 2.29 bits per heavy atom. The van der Waals surface area contributed by atoms with Crippen molar-refractivity contribution in [1.82, 2.24) is 10.3 Å². The highest BCUT2D eigenvalue weighted by Crippen LogP contribution is 2.11. The molecule has 2 amide bonds. The van der Waals surface area contributed by atoms with E-state index in [1.54, 1.807) is 12.1 Å². The van der Waals surface area contributed by atoms with Crippen LogP contribution in [0, 0.1) is 5.92 Å². The third kappa shape index (κ3) is 4.58. The predicted octanol–water partition coefficient (Wildman–Crippen LogP) is 1.87. The second-order valence-corrected chi connectivity index (χ2v) is 4.39. The first-order valence-electron chi connectivity index (χ1n) is 5.33. The number of rotatable bonds is 4. The number of aliphatic hydroxyl groups excluding tert-OH is 1. The summed E-state index contributed by atoms with van der Waals surface area (Å²) < 4.78 is 0. The van der Waals surface area contributed by atoms with E-state index in [9.17, 15) is 4.79 Å². The number of aliphatic hydroxyl groups is 1. The van der Waals surface area contributed by atoms with Crippen molar-refractivity contribution in [3.8, 4) is 0 Å². The molecule has 17 heavy (non-hydrogen) atoms. The van der Waals surface area contributed by atoms with E-state index >= 15 is 0 Å². The maximum Gasteiger partial charge on any atom is 0.319 e. The number of amides is 2. The highest BCUT2D eigenvalue weighted by Gasteiger charge is 2.14. The van der Waals surface area contributed by atoms with Crippen molar-refractivity contribution in [2.75, 3.05) is 11.9 Å². The maximum atomic E-state index is 11.6. The van der Waals surface area contributed by atoms with Gasteiger partial charge in [0.05, 0.1) is 12.6 Å². The number of pyridine rings is 1. The topological polar surface area (TPSA) is 74.2 Å². The summed E-state index contributed by atoms with van der Waals surface area (Å²) in [5, 5.41) is 14.7. The molecule has 0 radical (unpaired) electrons. The molecule has 1 aromatic heterocycles. The second-order valence-electron chi connectivity index (χ2n) is 4.00. The quantitative estimate of drug-likeness (QED) is 0.721. The van der Waals surface area contributed by atoms with Crippen molar-refractivity contribution >= 4 is 23.3 Å². The molecule has 0 aromatic carbocycles. The molecule has 0 aliphatic carbocycles. The lowest BCUT2D eigenvalue weighted by Crippen LogP contribution is -2.43. The number of carbonyl (C=O) groups is 1. The molecule has 0 fully saturated rings. The van der Waals surface area contributed by atoms with Crippen LogP contribution in [0.15, 0.2) is 18.3 Å². The first-order valence-corrected chi connectivity index (χ1v) is 5.70. The van der Waals surface area contributed by atoms with E-state index in [-0.39, 0.29) is 24.6 Å². The fraction of sp³-hybridized carbons (Fsp3) is 0.455. The molecule has 0 aliphatic rings. The van der Waals surface area contributed by atoms with Gasteiger partial charge in [0, 0.05) is 11.9 Å². The van der Waals surface area contributed by atoms with Crippen LogP contribution in [0.4, 0.5) is 10.5 Å². The van der Waals surface area contributed by atoms with Gasteiger partial charge < -0.3 is 15.7 Å². The molecular formula is C11H16ClN3O2. The number of aromatic nitrogens is 1. The maximum absolute atomic E-state index is 11.6. The summed E-state index contributed by atoms with van der Waals surface area (Å²) in [5.74, 6) is 0.159. The molecular weight excluding hydrogens is 242 g/mol. The molecule has 6 heteroatoms. The smallest absolute Gasteiger partial charge is 0.319 e. The van der Waals surface area contributed by atoms with Gasteiger partial charge in [-0.1, -0.05) is 25.4 Å². The molecule has 1 heterocycles. The van der Waals surface area contributed by atoms with Crippen LogP contribution < -0.4 is 10.6 Å². The SMILES string of the molecule is CC(C)[C@@H](CO)NC(=O)Nc1ccnc(Cl)c1. The van der Waals surface area contributed by atoms with Crippen LogP contribution in [0.2, 0.25) is 5.15 Å². The molecule has 1 rings (SSSR count). The van der Waals surface area contributed by atoms with Crippen LogP contribution in [0.25, 0.3) is 0 Å². The molecule has 0 saturated carbocycles. The van der Waals surface area contributed by atoms with Gasteiger partial charge in [-0.15, -0.1) is 0 Å². The number of halogens is 1. The molecule has 0 unspecified atom stereocenters. The predicted molar refractivity (Wildman–Crippen MR) is 67.1 cm³/mol. The van der Waals surface area contributed by atoms with E-state index in [0.717, 1.165) is 0 Å². The minimum Gasteiger partial charge on any atom is -0.394 e. The Kier molecular flexibility index (Phi) is 5.18. The second kappa shape index (κ2) is 6.42. The summed E-state index contributed by atoms with van der Waals surface area (Å²) in [6, 6.07) is 2.53. The van der Waals surface area contributed by atoms with Crippen LogP contribution in [0.1, 0.15) is 13.8 Å². The van der Waals surface area contributed by atoms with E-state index in [0.29, 0.717) is 10.8 Å². The lowest BCUT2D eigenvalue weighted by molar-refractivity contribution is 0.204. The van der Waals surface area contributed by atoms with E-state index in [4.69, 9.17) is 16.7 Å². The first-order chi connectivity index (χ1) is 8.02. The minimum absolute atomic E-state index is 0.0951. The summed E-state index contributed by atoms with van der Waals surface area (Å²) in [5.41, 5.74) is 0.558. The van der Waals surface area contributed by atoms with E-state index in [1.807, 2.05) is 13.8 Å². The average molecular weight is 258 g/mol. The van der Waals surface area contributed by atoms with Gasteiger partial charge in [-0.3, -0.25) is 0 Å². The van der Waals surface area contributed by atoms with Gasteiger partial charge in [-0.05, 0) is 18.1 Å². The Bertz CT molecular complexity index is 385. The summed E-state index contributed by atoms with van der Waals surface area (Å²) in [7, 11) is 0. The molecule has 1 aromatic rings. The minimum atomic E-state index is -0.375. The molecule has 0 saturated heterocycles. The lowest BCUT2D eigenvalue weighted by atomic mass is 10.1. The van der Waals surface area contributed by atoms with Crippen molar-refractivity contribution < 1.29 is 9.90 Å². The highest BCUT2D eigenvalue weighted by atomic mass is 35.5. The van der Waals surface area contributed by atoms with Gasteiger partial charge in [-0.25, -0.2) is 9.78 Å². The summed E-state index contributed by atoms with van der Waals surface area (Å²) in [6.07, 6.45) is 1.50. The standard InChI is InChI=1S/C11H16ClN3O2/c1-7(2)9(6-16)15-11(17)14-8-3-4-13-10(12)5-8/h3-5,7,9,16H,6H2,1-2H3,(H2,13,14,15,17)/t9-/m1/s1. The number of carbonyl (C=O) groups excluding carboxylic acids is 1. The number of urea groups is 1. The van der Waals surface area contributed by atoms with Crippen molar-refractivity contribution in [3.63, 3.8) is 0 Å². The molecule has 3 N–H and O–H groups in total. The molecule has 5 nitrogen and oxygen atoms in total. The van der Waals surface area contributed by atoms with Crippen LogP contribution in [-0.4, -0.2) is 28.8 Å². The number of nitrogens with zero attached hydrogens (tertiary/aromatic N) is 1. The summed E-state index contributed by atoms with van der Waals surface area (Å²) in [6.45, 7) is 3.75. The number of hydrogen-bond donors (Lipinski definition) is 3. The molecule has 94 valence electrons.